The van der Waals surface area contributed by atoms with Gasteiger partial charge < -0.3 is 4.74 Å². The van der Waals surface area contributed by atoms with Crippen LogP contribution >= 0.6 is 0 Å². The Hall–Kier alpha value is -2.63. The summed E-state index contributed by atoms with van der Waals surface area (Å²) in [6.45, 7) is 1.68. The van der Waals surface area contributed by atoms with Crippen LogP contribution in [0.3, 0.4) is 0 Å². The first-order valence-corrected chi connectivity index (χ1v) is 8.50. The lowest BCUT2D eigenvalue weighted by molar-refractivity contribution is -0.0689. The quantitative estimate of drug-likeness (QED) is 0.245. The van der Waals surface area contributed by atoms with Crippen LogP contribution in [0.2, 0.25) is 0 Å². The molecule has 0 aliphatic heterocycles. The van der Waals surface area contributed by atoms with Crippen LogP contribution in [-0.2, 0) is 0 Å². The number of carbonyl (C=O) groups is 1. The monoisotopic (exact) mass is 380 g/mol. The van der Waals surface area contributed by atoms with E-state index >= 15 is 0 Å². The van der Waals surface area contributed by atoms with Crippen LogP contribution < -0.4 is 4.74 Å². The number of alkyl halides is 4. The fraction of sp³-hybridized carbons (Fsp3) is 0.286. The number of allylic oxidation sites excluding steroid dienone is 2. The maximum atomic E-state index is 13.4. The summed E-state index contributed by atoms with van der Waals surface area (Å²) >= 11 is 0. The lowest BCUT2D eigenvalue weighted by atomic mass is 10.0. The van der Waals surface area contributed by atoms with E-state index in [4.69, 9.17) is 4.74 Å². The van der Waals surface area contributed by atoms with Crippen molar-refractivity contribution < 1.29 is 27.1 Å². The smallest absolute Gasteiger partial charge is 0.417 e. The highest BCUT2D eigenvalue weighted by atomic mass is 19.4. The summed E-state index contributed by atoms with van der Waals surface area (Å²) in [5.74, 6) is -0.321. The van der Waals surface area contributed by atoms with E-state index in [0.29, 0.717) is 24.7 Å². The molecule has 6 heteroatoms. The molecule has 2 nitrogen and oxygen atoms in total. The summed E-state index contributed by atoms with van der Waals surface area (Å²) in [5, 5.41) is 0. The second-order valence-corrected chi connectivity index (χ2v) is 6.05. The second kappa shape index (κ2) is 9.35. The summed E-state index contributed by atoms with van der Waals surface area (Å²) in [5.41, 5.74) is -0.0417. The van der Waals surface area contributed by atoms with Gasteiger partial charge in [-0.25, -0.2) is 0 Å². The van der Waals surface area contributed by atoms with Crippen molar-refractivity contribution >= 4 is 11.4 Å². The number of unbranched alkanes of at least 4 members (excludes halogenated alkanes) is 1. The molecular weight excluding hydrogens is 360 g/mol. The molecule has 0 aromatic heterocycles. The third-order valence-corrected chi connectivity index (χ3v) is 3.88. The lowest BCUT2D eigenvalue weighted by Crippen LogP contribution is -2.13. The minimum atomic E-state index is -4.68. The molecule has 2 aromatic carbocycles. The number of benzene rings is 2. The van der Waals surface area contributed by atoms with Gasteiger partial charge in [0.15, 0.2) is 5.78 Å². The zero-order chi connectivity index (χ0) is 19.9. The van der Waals surface area contributed by atoms with E-state index in [2.05, 4.69) is 0 Å². The van der Waals surface area contributed by atoms with Crippen LogP contribution in [0.5, 0.6) is 5.75 Å². The Morgan fingerprint density at radius 2 is 1.56 bits per heavy atom. The van der Waals surface area contributed by atoms with Gasteiger partial charge in [-0.15, -0.1) is 0 Å². The first-order chi connectivity index (χ1) is 12.8. The van der Waals surface area contributed by atoms with Crippen molar-refractivity contribution in [1.82, 2.24) is 0 Å². The van der Waals surface area contributed by atoms with Gasteiger partial charge in [0.2, 0.25) is 0 Å². The SMILES string of the molecule is Cc1ccc(C(=O)/C=C(/c2ccc(OCCCCF)cc2)C(F)(F)F)cc1. The van der Waals surface area contributed by atoms with E-state index < -0.39 is 24.2 Å². The standard InChI is InChI=1S/C21H20F4O2/c1-15-4-6-17(7-5-15)20(26)14-19(21(23,24)25)16-8-10-18(11-9-16)27-13-3-2-12-22/h4-11,14H,2-3,12-13H2,1H3/b19-14-. The van der Waals surface area contributed by atoms with Crippen molar-refractivity contribution in [3.63, 3.8) is 0 Å². The molecule has 27 heavy (non-hydrogen) atoms. The first-order valence-electron chi connectivity index (χ1n) is 8.50. The largest absolute Gasteiger partial charge is 0.494 e. The van der Waals surface area contributed by atoms with Crippen LogP contribution in [0, 0.1) is 6.92 Å². The molecule has 0 aliphatic rings. The van der Waals surface area contributed by atoms with E-state index in [-0.39, 0.29) is 17.7 Å². The van der Waals surface area contributed by atoms with Crippen molar-refractivity contribution in [3.05, 3.63) is 71.3 Å². The highest BCUT2D eigenvalue weighted by Crippen LogP contribution is 2.35. The molecule has 0 saturated heterocycles. The number of carbonyl (C=O) groups excluding carboxylic acids is 1. The molecule has 0 N–H and O–H groups in total. The van der Waals surface area contributed by atoms with Crippen LogP contribution in [0.4, 0.5) is 17.6 Å². The molecular formula is C21H20F4O2. The average Bonchev–Trinajstić information content (AvgIpc) is 2.63. The molecule has 0 atom stereocenters. The number of ether oxygens (including phenoxy) is 1. The van der Waals surface area contributed by atoms with Gasteiger partial charge in [-0.1, -0.05) is 42.0 Å². The minimum absolute atomic E-state index is 0.126. The Labute approximate surface area is 155 Å². The molecule has 144 valence electrons. The first kappa shape index (κ1) is 20.7. The van der Waals surface area contributed by atoms with Gasteiger partial charge in [-0.3, -0.25) is 9.18 Å². The fourth-order valence-electron chi connectivity index (χ4n) is 2.38. The van der Waals surface area contributed by atoms with E-state index in [1.165, 1.54) is 36.4 Å². The average molecular weight is 380 g/mol. The highest BCUT2D eigenvalue weighted by molar-refractivity contribution is 6.09. The third-order valence-electron chi connectivity index (χ3n) is 3.88. The maximum Gasteiger partial charge on any atom is 0.417 e. The molecule has 0 spiro atoms. The molecule has 0 bridgehead atoms. The summed E-state index contributed by atoms with van der Waals surface area (Å²) < 4.78 is 57.7. The predicted octanol–water partition coefficient (Wildman–Crippen LogP) is 5.95. The molecule has 0 radical (unpaired) electrons. The Kier molecular flexibility index (Phi) is 7.16. The van der Waals surface area contributed by atoms with Gasteiger partial charge in [-0.05, 0) is 43.5 Å². The number of hydrogen-bond acceptors (Lipinski definition) is 2. The number of aryl methyl sites for hydroxylation is 1. The minimum Gasteiger partial charge on any atom is -0.494 e. The van der Waals surface area contributed by atoms with E-state index in [9.17, 15) is 22.4 Å². The van der Waals surface area contributed by atoms with Gasteiger partial charge in [0.1, 0.15) is 5.75 Å². The number of ketones is 1. The summed E-state index contributed by atoms with van der Waals surface area (Å²) in [6.07, 6.45) is -3.16. The van der Waals surface area contributed by atoms with Crippen LogP contribution in [-0.4, -0.2) is 25.2 Å². The number of halogens is 4. The fourth-order valence-corrected chi connectivity index (χ4v) is 2.38. The molecule has 0 aliphatic carbocycles. The number of rotatable bonds is 8. The van der Waals surface area contributed by atoms with Gasteiger partial charge in [-0.2, -0.15) is 13.2 Å². The third kappa shape index (κ3) is 6.24. The summed E-state index contributed by atoms with van der Waals surface area (Å²) in [6, 6.07) is 11.7. The van der Waals surface area contributed by atoms with Crippen molar-refractivity contribution in [2.45, 2.75) is 25.9 Å². The second-order valence-electron chi connectivity index (χ2n) is 6.05. The summed E-state index contributed by atoms with van der Waals surface area (Å²) in [7, 11) is 0. The van der Waals surface area contributed by atoms with Crippen molar-refractivity contribution in [2.24, 2.45) is 0 Å². The normalized spacial score (nSPS) is 12.1. The van der Waals surface area contributed by atoms with E-state index in [1.54, 1.807) is 12.1 Å². The van der Waals surface area contributed by atoms with Gasteiger partial charge >= 0.3 is 6.18 Å². The highest BCUT2D eigenvalue weighted by Gasteiger charge is 2.35. The van der Waals surface area contributed by atoms with Crippen molar-refractivity contribution in [3.8, 4) is 5.75 Å². The molecule has 0 amide bonds. The Balaban J connectivity index is 2.21. The van der Waals surface area contributed by atoms with Gasteiger partial charge in [0, 0.05) is 5.56 Å². The topological polar surface area (TPSA) is 26.3 Å². The molecule has 0 fully saturated rings. The van der Waals surface area contributed by atoms with Crippen molar-refractivity contribution in [1.29, 1.82) is 0 Å². The maximum absolute atomic E-state index is 13.4. The van der Waals surface area contributed by atoms with Crippen LogP contribution in [0.1, 0.15) is 34.3 Å². The summed E-state index contributed by atoms with van der Waals surface area (Å²) in [4.78, 5) is 12.2. The molecule has 0 heterocycles. The van der Waals surface area contributed by atoms with Gasteiger partial charge in [0.05, 0.1) is 18.9 Å². The Bertz CT molecular complexity index is 775. The Morgan fingerprint density at radius 1 is 0.963 bits per heavy atom. The van der Waals surface area contributed by atoms with Crippen LogP contribution in [0.15, 0.2) is 54.6 Å². The zero-order valence-electron chi connectivity index (χ0n) is 14.9. The van der Waals surface area contributed by atoms with Crippen LogP contribution in [0.25, 0.3) is 5.57 Å². The lowest BCUT2D eigenvalue weighted by Gasteiger charge is -2.13. The molecule has 2 rings (SSSR count). The predicted molar refractivity (Wildman–Crippen MR) is 96.7 cm³/mol. The molecule has 0 saturated carbocycles. The number of hydrogen-bond donors (Lipinski definition) is 0. The van der Waals surface area contributed by atoms with Gasteiger partial charge in [0.25, 0.3) is 0 Å². The molecule has 0 unspecified atom stereocenters. The van der Waals surface area contributed by atoms with E-state index in [1.807, 2.05) is 6.92 Å². The Morgan fingerprint density at radius 3 is 2.11 bits per heavy atom. The molecule has 2 aromatic rings. The van der Waals surface area contributed by atoms with Crippen molar-refractivity contribution in [2.75, 3.05) is 13.3 Å². The van der Waals surface area contributed by atoms with E-state index in [0.717, 1.165) is 5.56 Å². The zero-order valence-corrected chi connectivity index (χ0v) is 14.9.